The Hall–Kier alpha value is -0.860. The van der Waals surface area contributed by atoms with Crippen molar-refractivity contribution < 1.29 is 9.59 Å². The number of Topliss-reactive ketones (excluding diaryl/α,β-unsaturated/α-hetero) is 1. The van der Waals surface area contributed by atoms with Crippen LogP contribution in [0.1, 0.15) is 47.5 Å². The lowest BCUT2D eigenvalue weighted by Crippen LogP contribution is -2.49. The standard InChI is InChI=1S/C13H23NO2/c1-6-10(15)11(13(3,4)5)14-12(16)9-7-8(9)2/h8-9,11H,6-7H2,1-5H3,(H,14,16)/t8?,9?,11-/m1/s1. The minimum Gasteiger partial charge on any atom is -0.346 e. The number of rotatable bonds is 4. The first kappa shape index (κ1) is 13.2. The van der Waals surface area contributed by atoms with E-state index in [4.69, 9.17) is 0 Å². The van der Waals surface area contributed by atoms with Gasteiger partial charge in [0, 0.05) is 12.3 Å². The summed E-state index contributed by atoms with van der Waals surface area (Å²) in [6, 6.07) is -0.349. The second kappa shape index (κ2) is 4.56. The van der Waals surface area contributed by atoms with Crippen LogP contribution in [-0.4, -0.2) is 17.7 Å². The fourth-order valence-corrected chi connectivity index (χ4v) is 1.92. The molecule has 1 saturated carbocycles. The first-order chi connectivity index (χ1) is 7.27. The SMILES string of the molecule is CCC(=O)[C@@H](NC(=O)C1CC1C)C(C)(C)C. The maximum absolute atomic E-state index is 11.8. The molecule has 1 rings (SSSR count). The fourth-order valence-electron chi connectivity index (χ4n) is 1.92. The van der Waals surface area contributed by atoms with Gasteiger partial charge in [0.2, 0.25) is 5.91 Å². The molecule has 0 heterocycles. The van der Waals surface area contributed by atoms with Gasteiger partial charge in [0.15, 0.2) is 5.78 Å². The zero-order valence-corrected chi connectivity index (χ0v) is 11.0. The molecule has 3 atom stereocenters. The lowest BCUT2D eigenvalue weighted by molar-refractivity contribution is -0.130. The van der Waals surface area contributed by atoms with Crippen molar-refractivity contribution in [2.45, 2.75) is 53.5 Å². The molecule has 2 unspecified atom stereocenters. The van der Waals surface area contributed by atoms with Crippen LogP contribution in [0.25, 0.3) is 0 Å². The normalized spacial score (nSPS) is 26.1. The molecule has 0 radical (unpaired) electrons. The zero-order valence-electron chi connectivity index (χ0n) is 11.0. The Bertz CT molecular complexity index is 291. The number of amides is 1. The van der Waals surface area contributed by atoms with Gasteiger partial charge < -0.3 is 5.32 Å². The third kappa shape index (κ3) is 3.06. The number of nitrogens with one attached hydrogen (secondary N) is 1. The van der Waals surface area contributed by atoms with E-state index in [1.165, 1.54) is 0 Å². The Morgan fingerprint density at radius 3 is 2.19 bits per heavy atom. The molecule has 3 nitrogen and oxygen atoms in total. The summed E-state index contributed by atoms with van der Waals surface area (Å²) < 4.78 is 0. The Morgan fingerprint density at radius 1 is 1.38 bits per heavy atom. The summed E-state index contributed by atoms with van der Waals surface area (Å²) in [6.45, 7) is 9.87. The molecule has 1 aliphatic carbocycles. The second-order valence-corrected chi connectivity index (χ2v) is 5.95. The number of hydrogen-bond acceptors (Lipinski definition) is 2. The molecule has 0 spiro atoms. The molecular weight excluding hydrogens is 202 g/mol. The van der Waals surface area contributed by atoms with E-state index in [0.717, 1.165) is 6.42 Å². The molecule has 0 aromatic carbocycles. The van der Waals surface area contributed by atoms with E-state index in [9.17, 15) is 9.59 Å². The minimum atomic E-state index is -0.349. The van der Waals surface area contributed by atoms with Crippen LogP contribution in [0.3, 0.4) is 0 Å². The van der Waals surface area contributed by atoms with Gasteiger partial charge >= 0.3 is 0 Å². The quantitative estimate of drug-likeness (QED) is 0.797. The van der Waals surface area contributed by atoms with E-state index >= 15 is 0 Å². The molecule has 92 valence electrons. The van der Waals surface area contributed by atoms with E-state index in [-0.39, 0.29) is 29.1 Å². The molecule has 3 heteroatoms. The highest BCUT2D eigenvalue weighted by Crippen LogP contribution is 2.38. The van der Waals surface area contributed by atoms with Crippen LogP contribution in [-0.2, 0) is 9.59 Å². The molecule has 16 heavy (non-hydrogen) atoms. The third-order valence-electron chi connectivity index (χ3n) is 3.27. The highest BCUT2D eigenvalue weighted by Gasteiger charge is 2.41. The molecular formula is C13H23NO2. The Morgan fingerprint density at radius 2 is 1.88 bits per heavy atom. The van der Waals surface area contributed by atoms with E-state index in [2.05, 4.69) is 12.2 Å². The zero-order chi connectivity index (χ0) is 12.5. The van der Waals surface area contributed by atoms with Crippen molar-refractivity contribution in [1.82, 2.24) is 5.32 Å². The van der Waals surface area contributed by atoms with Crippen molar-refractivity contribution in [3.8, 4) is 0 Å². The molecule has 0 bridgehead atoms. The lowest BCUT2D eigenvalue weighted by Gasteiger charge is -2.30. The van der Waals surface area contributed by atoms with E-state index in [1.54, 1.807) is 0 Å². The number of carbonyl (C=O) groups excluding carboxylic acids is 2. The van der Waals surface area contributed by atoms with Crippen LogP contribution in [0.15, 0.2) is 0 Å². The topological polar surface area (TPSA) is 46.2 Å². The first-order valence-corrected chi connectivity index (χ1v) is 6.10. The fraction of sp³-hybridized carbons (Fsp3) is 0.846. The predicted octanol–water partition coefficient (Wildman–Crippen LogP) is 2.15. The smallest absolute Gasteiger partial charge is 0.223 e. The summed E-state index contributed by atoms with van der Waals surface area (Å²) in [7, 11) is 0. The third-order valence-corrected chi connectivity index (χ3v) is 3.27. The van der Waals surface area contributed by atoms with Gasteiger partial charge in [-0.3, -0.25) is 9.59 Å². The maximum Gasteiger partial charge on any atom is 0.223 e. The average molecular weight is 225 g/mol. The Balaban J connectivity index is 2.64. The van der Waals surface area contributed by atoms with Gasteiger partial charge in [-0.1, -0.05) is 34.6 Å². The largest absolute Gasteiger partial charge is 0.346 e. The van der Waals surface area contributed by atoms with Crippen LogP contribution < -0.4 is 5.32 Å². The molecule has 0 aliphatic heterocycles. The van der Waals surface area contributed by atoms with Crippen molar-refractivity contribution in [3.63, 3.8) is 0 Å². The van der Waals surface area contributed by atoms with E-state index in [0.29, 0.717) is 12.3 Å². The van der Waals surface area contributed by atoms with Crippen LogP contribution in [0.5, 0.6) is 0 Å². The highest BCUT2D eigenvalue weighted by molar-refractivity contribution is 5.91. The average Bonchev–Trinajstić information content (AvgIpc) is 2.88. The first-order valence-electron chi connectivity index (χ1n) is 6.10. The minimum absolute atomic E-state index is 0.0502. The summed E-state index contributed by atoms with van der Waals surface area (Å²) in [5.74, 6) is 0.787. The van der Waals surface area contributed by atoms with Crippen molar-refractivity contribution in [3.05, 3.63) is 0 Å². The van der Waals surface area contributed by atoms with Gasteiger partial charge in [0.05, 0.1) is 6.04 Å². The predicted molar refractivity (Wildman–Crippen MR) is 64.0 cm³/mol. The second-order valence-electron chi connectivity index (χ2n) is 5.95. The van der Waals surface area contributed by atoms with Crippen molar-refractivity contribution >= 4 is 11.7 Å². The van der Waals surface area contributed by atoms with Crippen LogP contribution in [0.4, 0.5) is 0 Å². The summed E-state index contributed by atoms with van der Waals surface area (Å²) in [5.41, 5.74) is -0.207. The molecule has 0 saturated heterocycles. The van der Waals surface area contributed by atoms with Crippen LogP contribution in [0.2, 0.25) is 0 Å². The lowest BCUT2D eigenvalue weighted by atomic mass is 9.83. The summed E-state index contributed by atoms with van der Waals surface area (Å²) in [5, 5.41) is 2.91. The number of ketones is 1. The van der Waals surface area contributed by atoms with E-state index < -0.39 is 0 Å². The summed E-state index contributed by atoms with van der Waals surface area (Å²) in [4.78, 5) is 23.6. The molecule has 0 aromatic heterocycles. The van der Waals surface area contributed by atoms with E-state index in [1.807, 2.05) is 27.7 Å². The Kier molecular flexibility index (Phi) is 3.76. The van der Waals surface area contributed by atoms with Gasteiger partial charge in [-0.05, 0) is 17.8 Å². The summed E-state index contributed by atoms with van der Waals surface area (Å²) in [6.07, 6.45) is 1.44. The van der Waals surface area contributed by atoms with Gasteiger partial charge in [0.1, 0.15) is 0 Å². The molecule has 1 aliphatic rings. The van der Waals surface area contributed by atoms with Crippen molar-refractivity contribution in [1.29, 1.82) is 0 Å². The van der Waals surface area contributed by atoms with Crippen molar-refractivity contribution in [2.24, 2.45) is 17.3 Å². The highest BCUT2D eigenvalue weighted by atomic mass is 16.2. The van der Waals surface area contributed by atoms with Crippen LogP contribution >= 0.6 is 0 Å². The number of carbonyl (C=O) groups is 2. The molecule has 0 aromatic rings. The van der Waals surface area contributed by atoms with Gasteiger partial charge in [-0.2, -0.15) is 0 Å². The molecule has 1 N–H and O–H groups in total. The maximum atomic E-state index is 11.8. The molecule has 1 fully saturated rings. The monoisotopic (exact) mass is 225 g/mol. The summed E-state index contributed by atoms with van der Waals surface area (Å²) >= 11 is 0. The van der Waals surface area contributed by atoms with Gasteiger partial charge in [-0.25, -0.2) is 0 Å². The van der Waals surface area contributed by atoms with Gasteiger partial charge in [0.25, 0.3) is 0 Å². The number of hydrogen-bond donors (Lipinski definition) is 1. The van der Waals surface area contributed by atoms with Crippen LogP contribution in [0, 0.1) is 17.3 Å². The van der Waals surface area contributed by atoms with Gasteiger partial charge in [-0.15, -0.1) is 0 Å². The van der Waals surface area contributed by atoms with Crippen molar-refractivity contribution in [2.75, 3.05) is 0 Å². The Labute approximate surface area is 98.0 Å². The molecule has 1 amide bonds.